The van der Waals surface area contributed by atoms with Gasteiger partial charge in [0.1, 0.15) is 5.69 Å². The van der Waals surface area contributed by atoms with E-state index in [2.05, 4.69) is 4.98 Å². The standard InChI is InChI=1S/C22H39NO11Si/c1-15(25-7)29-18(4)32-35(33-19(5)30-16(2)26-8,34-20(6)31-17(3)27-9)14-28-22(24)21-12-10-11-13-23-21/h10-13,15-20H,14H2,1-9H3. The fourth-order valence-electron chi connectivity index (χ4n) is 2.71. The van der Waals surface area contributed by atoms with Crippen molar-refractivity contribution < 1.29 is 51.2 Å². The number of carbonyl (C=O) groups is 1. The molecule has 12 nitrogen and oxygen atoms in total. The lowest BCUT2D eigenvalue weighted by molar-refractivity contribution is -0.254. The predicted molar refractivity (Wildman–Crippen MR) is 125 cm³/mol. The maximum atomic E-state index is 12.6. The molecular weight excluding hydrogens is 482 g/mol. The molecule has 1 heterocycles. The molecule has 13 heteroatoms. The fourth-order valence-corrected chi connectivity index (χ4v) is 5.08. The monoisotopic (exact) mass is 521 g/mol. The summed E-state index contributed by atoms with van der Waals surface area (Å²) in [6.45, 7) is 10.0. The van der Waals surface area contributed by atoms with Crippen molar-refractivity contribution in [1.82, 2.24) is 4.98 Å². The summed E-state index contributed by atoms with van der Waals surface area (Å²) in [5.74, 6) is -0.685. The summed E-state index contributed by atoms with van der Waals surface area (Å²) >= 11 is 0. The largest absolute Gasteiger partial charge is 0.546 e. The second-order valence-corrected chi connectivity index (χ2v) is 9.71. The molecule has 0 aromatic carbocycles. The molecule has 0 fully saturated rings. The third-order valence-corrected chi connectivity index (χ3v) is 7.01. The lowest BCUT2D eigenvalue weighted by atomic mass is 10.4. The molecule has 0 aliphatic carbocycles. The second-order valence-electron chi connectivity index (χ2n) is 7.35. The van der Waals surface area contributed by atoms with E-state index < -0.39 is 52.5 Å². The molecule has 6 atom stereocenters. The molecular formula is C22H39NO11Si. The minimum Gasteiger partial charge on any atom is -0.456 e. The maximum Gasteiger partial charge on any atom is 0.546 e. The predicted octanol–water partition coefficient (Wildman–Crippen LogP) is 2.83. The van der Waals surface area contributed by atoms with Crippen LogP contribution < -0.4 is 0 Å². The number of nitrogens with zero attached hydrogens (tertiary/aromatic N) is 1. The molecule has 6 unspecified atom stereocenters. The quantitative estimate of drug-likeness (QED) is 0.160. The van der Waals surface area contributed by atoms with Gasteiger partial charge >= 0.3 is 14.8 Å². The van der Waals surface area contributed by atoms with Crippen molar-refractivity contribution >= 4 is 14.8 Å². The molecule has 0 radical (unpaired) electrons. The van der Waals surface area contributed by atoms with Crippen LogP contribution in [-0.2, 0) is 46.4 Å². The second kappa shape index (κ2) is 16.3. The van der Waals surface area contributed by atoms with Crippen LogP contribution in [0, 0.1) is 0 Å². The van der Waals surface area contributed by atoms with Crippen molar-refractivity contribution in [2.45, 2.75) is 79.3 Å². The van der Waals surface area contributed by atoms with Gasteiger partial charge in [-0.15, -0.1) is 0 Å². The summed E-state index contributed by atoms with van der Waals surface area (Å²) in [6, 6.07) is 4.88. The highest BCUT2D eigenvalue weighted by atomic mass is 28.4. The van der Waals surface area contributed by atoms with Gasteiger partial charge in [0.25, 0.3) is 0 Å². The van der Waals surface area contributed by atoms with Gasteiger partial charge in [-0.1, -0.05) is 6.07 Å². The highest BCUT2D eigenvalue weighted by Crippen LogP contribution is 2.22. The van der Waals surface area contributed by atoms with Crippen molar-refractivity contribution in [3.8, 4) is 0 Å². The van der Waals surface area contributed by atoms with Crippen molar-refractivity contribution in [2.24, 2.45) is 0 Å². The van der Waals surface area contributed by atoms with Crippen molar-refractivity contribution in [3.05, 3.63) is 30.1 Å². The number of hydrogen-bond donors (Lipinski definition) is 0. The first kappa shape index (κ1) is 31.5. The lowest BCUT2D eigenvalue weighted by Gasteiger charge is -2.36. The summed E-state index contributed by atoms with van der Waals surface area (Å²) in [4.78, 5) is 16.6. The first-order valence-electron chi connectivity index (χ1n) is 11.2. The Morgan fingerprint density at radius 2 is 1.17 bits per heavy atom. The first-order chi connectivity index (χ1) is 16.5. The van der Waals surface area contributed by atoms with Crippen LogP contribution in [0.2, 0.25) is 0 Å². The highest BCUT2D eigenvalue weighted by molar-refractivity contribution is 6.60. The molecule has 35 heavy (non-hydrogen) atoms. The van der Waals surface area contributed by atoms with E-state index >= 15 is 0 Å². The summed E-state index contributed by atoms with van der Waals surface area (Å²) < 4.78 is 56.3. The zero-order valence-electron chi connectivity index (χ0n) is 21.9. The minimum absolute atomic E-state index is 0.113. The first-order valence-corrected chi connectivity index (χ1v) is 13.1. The molecule has 0 aliphatic rings. The molecule has 0 saturated heterocycles. The van der Waals surface area contributed by atoms with Crippen LogP contribution in [0.4, 0.5) is 0 Å². The zero-order chi connectivity index (χ0) is 26.4. The number of pyridine rings is 1. The van der Waals surface area contributed by atoms with Gasteiger partial charge in [0.05, 0.1) is 0 Å². The van der Waals surface area contributed by atoms with Gasteiger partial charge in [-0.3, -0.25) is 0 Å². The van der Waals surface area contributed by atoms with Crippen molar-refractivity contribution in [3.63, 3.8) is 0 Å². The van der Waals surface area contributed by atoms with E-state index in [9.17, 15) is 4.79 Å². The topological polar surface area (TPSA) is 122 Å². The van der Waals surface area contributed by atoms with E-state index in [1.807, 2.05) is 0 Å². The Morgan fingerprint density at radius 3 is 1.51 bits per heavy atom. The van der Waals surface area contributed by atoms with Crippen molar-refractivity contribution in [1.29, 1.82) is 0 Å². The number of methoxy groups -OCH3 is 3. The van der Waals surface area contributed by atoms with Crippen LogP contribution in [0.1, 0.15) is 52.0 Å². The smallest absolute Gasteiger partial charge is 0.456 e. The molecule has 1 aromatic heterocycles. The van der Waals surface area contributed by atoms with Gasteiger partial charge in [0.15, 0.2) is 44.0 Å². The summed E-state index contributed by atoms with van der Waals surface area (Å²) in [7, 11) is 0.550. The SMILES string of the molecule is COC(C)OC(C)O[Si](COC(=O)c1ccccn1)(OC(C)OC(C)OC)OC(C)OC(C)OC. The van der Waals surface area contributed by atoms with E-state index in [-0.39, 0.29) is 11.9 Å². The molecule has 0 bridgehead atoms. The number of aromatic nitrogens is 1. The van der Waals surface area contributed by atoms with Crippen LogP contribution in [0.15, 0.2) is 24.4 Å². The number of hydrogen-bond acceptors (Lipinski definition) is 12. The summed E-state index contributed by atoms with van der Waals surface area (Å²) in [5, 5.41) is 0. The maximum absolute atomic E-state index is 12.6. The van der Waals surface area contributed by atoms with E-state index in [4.69, 9.17) is 46.4 Å². The Kier molecular flexibility index (Phi) is 14.6. The van der Waals surface area contributed by atoms with E-state index in [1.165, 1.54) is 33.6 Å². The van der Waals surface area contributed by atoms with E-state index in [0.717, 1.165) is 0 Å². The number of rotatable bonds is 18. The van der Waals surface area contributed by atoms with Crippen LogP contribution >= 0.6 is 0 Å². The number of esters is 1. The van der Waals surface area contributed by atoms with Gasteiger partial charge in [-0.2, -0.15) is 0 Å². The minimum atomic E-state index is -3.93. The molecule has 1 rings (SSSR count). The van der Waals surface area contributed by atoms with Crippen LogP contribution in [0.3, 0.4) is 0 Å². The van der Waals surface area contributed by atoms with Gasteiger partial charge in [-0.05, 0) is 53.7 Å². The average Bonchev–Trinajstić information content (AvgIpc) is 2.82. The Labute approximate surface area is 208 Å². The average molecular weight is 522 g/mol. The number of carbonyl (C=O) groups excluding carboxylic acids is 1. The van der Waals surface area contributed by atoms with Crippen LogP contribution in [0.5, 0.6) is 0 Å². The third-order valence-electron chi connectivity index (χ3n) is 4.44. The summed E-state index contributed by atoms with van der Waals surface area (Å²) in [6.07, 6.45) is -3.28. The molecule has 0 amide bonds. The van der Waals surface area contributed by atoms with Crippen LogP contribution in [-0.4, -0.2) is 85.1 Å². The van der Waals surface area contributed by atoms with E-state index in [1.54, 1.807) is 53.7 Å². The molecule has 0 aliphatic heterocycles. The van der Waals surface area contributed by atoms with Crippen molar-refractivity contribution in [2.75, 3.05) is 27.6 Å². The number of ether oxygens (including phenoxy) is 7. The normalized spacial score (nSPS) is 18.7. The van der Waals surface area contributed by atoms with Gasteiger partial charge in [0.2, 0.25) is 0 Å². The Bertz CT molecular complexity index is 664. The van der Waals surface area contributed by atoms with Gasteiger partial charge in [-0.25, -0.2) is 9.78 Å². The van der Waals surface area contributed by atoms with Gasteiger partial charge < -0.3 is 46.4 Å². The van der Waals surface area contributed by atoms with Crippen LogP contribution in [0.25, 0.3) is 0 Å². The Hall–Kier alpha value is -1.52. The zero-order valence-corrected chi connectivity index (χ0v) is 22.9. The molecule has 1 aromatic rings. The van der Waals surface area contributed by atoms with Gasteiger partial charge in [0, 0.05) is 27.5 Å². The lowest BCUT2D eigenvalue weighted by Crippen LogP contribution is -2.57. The summed E-state index contributed by atoms with van der Waals surface area (Å²) in [5.41, 5.74) is 0.113. The Balaban J connectivity index is 3.21. The molecule has 0 saturated carbocycles. The highest BCUT2D eigenvalue weighted by Gasteiger charge is 2.49. The molecule has 0 N–H and O–H groups in total. The third kappa shape index (κ3) is 12.3. The Morgan fingerprint density at radius 1 is 0.743 bits per heavy atom. The molecule has 0 spiro atoms. The fraction of sp³-hybridized carbons (Fsp3) is 0.727. The molecule has 202 valence electrons. The van der Waals surface area contributed by atoms with E-state index in [0.29, 0.717) is 0 Å².